The van der Waals surface area contributed by atoms with Crippen molar-refractivity contribution in [3.05, 3.63) is 59.5 Å². The number of likely N-dealkylation sites (N-methyl/N-ethyl adjacent to an activating group) is 1. The lowest BCUT2D eigenvalue weighted by Crippen LogP contribution is -2.30. The van der Waals surface area contributed by atoms with Crippen molar-refractivity contribution in [1.82, 2.24) is 4.90 Å². The summed E-state index contributed by atoms with van der Waals surface area (Å²) in [4.78, 5) is 2.29. The molecule has 1 unspecified atom stereocenters. The Morgan fingerprint density at radius 2 is 2.20 bits per heavy atom. The van der Waals surface area contributed by atoms with E-state index in [4.69, 9.17) is 10.2 Å². The third-order valence-electron chi connectivity index (χ3n) is 4.11. The molecule has 2 aromatic rings. The fourth-order valence-electron chi connectivity index (χ4n) is 2.79. The topological polar surface area (TPSA) is 42.4 Å². The van der Waals surface area contributed by atoms with E-state index in [2.05, 4.69) is 36.2 Å². The highest BCUT2D eigenvalue weighted by Gasteiger charge is 2.24. The van der Waals surface area contributed by atoms with Gasteiger partial charge < -0.3 is 10.2 Å². The van der Waals surface area contributed by atoms with Gasteiger partial charge in [0.25, 0.3) is 0 Å². The van der Waals surface area contributed by atoms with Crippen LogP contribution in [0.25, 0.3) is 0 Å². The van der Waals surface area contributed by atoms with Crippen molar-refractivity contribution in [2.75, 3.05) is 13.6 Å². The van der Waals surface area contributed by atoms with Gasteiger partial charge in [-0.3, -0.25) is 4.90 Å². The summed E-state index contributed by atoms with van der Waals surface area (Å²) in [6, 6.07) is 11.2. The molecule has 1 atom stereocenters. The molecular formula is C17H22N2O. The molecule has 3 rings (SSSR count). The molecule has 3 heteroatoms. The first-order valence-corrected chi connectivity index (χ1v) is 7.29. The standard InChI is InChI=1S/C17H22N2O/c1-19(11-13-7-8-20-12-13)17(10-18)16-4-2-3-15(9-16)14-5-6-14/h2-4,7-9,12,14,17H,5-6,10-11,18H2,1H3. The fraction of sp³-hybridized carbons (Fsp3) is 0.412. The number of nitrogens with two attached hydrogens (primary N) is 1. The summed E-state index contributed by atoms with van der Waals surface area (Å²) < 4.78 is 5.14. The molecule has 1 aliphatic rings. The molecule has 0 aliphatic heterocycles. The Morgan fingerprint density at radius 3 is 2.85 bits per heavy atom. The zero-order valence-electron chi connectivity index (χ0n) is 12.0. The van der Waals surface area contributed by atoms with Crippen LogP contribution in [0.15, 0.2) is 47.3 Å². The molecule has 0 radical (unpaired) electrons. The van der Waals surface area contributed by atoms with E-state index in [0.29, 0.717) is 6.54 Å². The Kier molecular flexibility index (Phi) is 3.90. The lowest BCUT2D eigenvalue weighted by molar-refractivity contribution is 0.241. The highest BCUT2D eigenvalue weighted by Crippen LogP contribution is 2.40. The molecule has 106 valence electrons. The summed E-state index contributed by atoms with van der Waals surface area (Å²) in [5, 5.41) is 0. The number of hydrogen-bond acceptors (Lipinski definition) is 3. The molecule has 0 saturated heterocycles. The smallest absolute Gasteiger partial charge is 0.0947 e. The predicted molar refractivity (Wildman–Crippen MR) is 80.4 cm³/mol. The molecule has 20 heavy (non-hydrogen) atoms. The second-order valence-corrected chi connectivity index (χ2v) is 5.74. The third-order valence-corrected chi connectivity index (χ3v) is 4.11. The van der Waals surface area contributed by atoms with Crippen LogP contribution in [0.3, 0.4) is 0 Å². The quantitative estimate of drug-likeness (QED) is 0.876. The summed E-state index contributed by atoms with van der Waals surface area (Å²) in [5.41, 5.74) is 9.99. The van der Waals surface area contributed by atoms with Gasteiger partial charge in [-0.1, -0.05) is 24.3 Å². The van der Waals surface area contributed by atoms with Crippen LogP contribution in [0.5, 0.6) is 0 Å². The second-order valence-electron chi connectivity index (χ2n) is 5.74. The van der Waals surface area contributed by atoms with E-state index in [9.17, 15) is 0 Å². The molecule has 3 nitrogen and oxygen atoms in total. The van der Waals surface area contributed by atoms with Gasteiger partial charge in [0.2, 0.25) is 0 Å². The average molecular weight is 270 g/mol. The van der Waals surface area contributed by atoms with Gasteiger partial charge in [-0.15, -0.1) is 0 Å². The van der Waals surface area contributed by atoms with Crippen LogP contribution >= 0.6 is 0 Å². The van der Waals surface area contributed by atoms with Gasteiger partial charge >= 0.3 is 0 Å². The Morgan fingerprint density at radius 1 is 1.35 bits per heavy atom. The number of nitrogens with zero attached hydrogens (tertiary/aromatic N) is 1. The minimum absolute atomic E-state index is 0.253. The zero-order valence-corrected chi connectivity index (χ0v) is 12.0. The van der Waals surface area contributed by atoms with Gasteiger partial charge in [0, 0.05) is 24.7 Å². The molecule has 0 spiro atoms. The number of hydrogen-bond donors (Lipinski definition) is 1. The highest BCUT2D eigenvalue weighted by molar-refractivity contribution is 5.31. The van der Waals surface area contributed by atoms with Gasteiger partial charge in [-0.05, 0) is 43.0 Å². The van der Waals surface area contributed by atoms with Crippen molar-refractivity contribution in [2.24, 2.45) is 5.73 Å². The fourth-order valence-corrected chi connectivity index (χ4v) is 2.79. The Balaban J connectivity index is 1.76. The van der Waals surface area contributed by atoms with Crippen molar-refractivity contribution in [1.29, 1.82) is 0 Å². The first kappa shape index (κ1) is 13.4. The monoisotopic (exact) mass is 270 g/mol. The van der Waals surface area contributed by atoms with E-state index in [1.165, 1.54) is 29.5 Å². The minimum Gasteiger partial charge on any atom is -0.472 e. The van der Waals surface area contributed by atoms with Gasteiger partial charge in [0.1, 0.15) is 0 Å². The van der Waals surface area contributed by atoms with Crippen LogP contribution in [0.4, 0.5) is 0 Å². The summed E-state index contributed by atoms with van der Waals surface area (Å²) in [5.74, 6) is 0.785. The zero-order chi connectivity index (χ0) is 13.9. The highest BCUT2D eigenvalue weighted by atomic mass is 16.3. The molecule has 1 aliphatic carbocycles. The Hall–Kier alpha value is -1.58. The first-order valence-electron chi connectivity index (χ1n) is 7.29. The van der Waals surface area contributed by atoms with Crippen LogP contribution in [-0.4, -0.2) is 18.5 Å². The normalized spacial score (nSPS) is 16.6. The largest absolute Gasteiger partial charge is 0.472 e. The van der Waals surface area contributed by atoms with E-state index < -0.39 is 0 Å². The molecule has 1 saturated carbocycles. The lowest BCUT2D eigenvalue weighted by atomic mass is 10.0. The lowest BCUT2D eigenvalue weighted by Gasteiger charge is -2.27. The molecule has 1 fully saturated rings. The van der Waals surface area contributed by atoms with Crippen LogP contribution in [0.1, 0.15) is 41.5 Å². The van der Waals surface area contributed by atoms with Crippen LogP contribution in [0.2, 0.25) is 0 Å². The predicted octanol–water partition coefficient (Wildman–Crippen LogP) is 3.29. The van der Waals surface area contributed by atoms with Crippen LogP contribution in [-0.2, 0) is 6.54 Å². The van der Waals surface area contributed by atoms with Crippen LogP contribution in [0, 0.1) is 0 Å². The third kappa shape index (κ3) is 2.94. The van der Waals surface area contributed by atoms with E-state index in [1.807, 2.05) is 6.07 Å². The molecule has 2 N–H and O–H groups in total. The maximum atomic E-state index is 6.01. The van der Waals surface area contributed by atoms with Gasteiger partial charge in [-0.2, -0.15) is 0 Å². The van der Waals surface area contributed by atoms with Crippen molar-refractivity contribution in [3.63, 3.8) is 0 Å². The second kappa shape index (κ2) is 5.81. The Labute approximate surface area is 120 Å². The maximum absolute atomic E-state index is 6.01. The van der Waals surface area contributed by atoms with Crippen LogP contribution < -0.4 is 5.73 Å². The van der Waals surface area contributed by atoms with Crippen molar-refractivity contribution in [2.45, 2.75) is 31.3 Å². The van der Waals surface area contributed by atoms with E-state index in [0.717, 1.165) is 12.5 Å². The minimum atomic E-state index is 0.253. The summed E-state index contributed by atoms with van der Waals surface area (Å²) in [6.45, 7) is 1.48. The summed E-state index contributed by atoms with van der Waals surface area (Å²) >= 11 is 0. The van der Waals surface area contributed by atoms with Crippen molar-refractivity contribution >= 4 is 0 Å². The molecule has 1 aromatic heterocycles. The first-order chi connectivity index (χ1) is 9.78. The Bertz CT molecular complexity index is 546. The van der Waals surface area contributed by atoms with Crippen molar-refractivity contribution in [3.8, 4) is 0 Å². The summed E-state index contributed by atoms with van der Waals surface area (Å²) in [7, 11) is 2.12. The summed E-state index contributed by atoms with van der Waals surface area (Å²) in [6.07, 6.45) is 6.18. The van der Waals surface area contributed by atoms with E-state index >= 15 is 0 Å². The van der Waals surface area contributed by atoms with Crippen molar-refractivity contribution < 1.29 is 4.42 Å². The number of benzene rings is 1. The average Bonchev–Trinajstić information content (AvgIpc) is 3.19. The molecule has 1 aromatic carbocycles. The van der Waals surface area contributed by atoms with Gasteiger partial charge in [-0.25, -0.2) is 0 Å². The molecule has 1 heterocycles. The maximum Gasteiger partial charge on any atom is 0.0947 e. The molecule has 0 amide bonds. The van der Waals surface area contributed by atoms with E-state index in [-0.39, 0.29) is 6.04 Å². The molecular weight excluding hydrogens is 248 g/mol. The SMILES string of the molecule is CN(Cc1ccoc1)C(CN)c1cccc(C2CC2)c1. The van der Waals surface area contributed by atoms with Gasteiger partial charge in [0.05, 0.1) is 12.5 Å². The number of furan rings is 1. The van der Waals surface area contributed by atoms with E-state index in [1.54, 1.807) is 12.5 Å². The van der Waals surface area contributed by atoms with Gasteiger partial charge in [0.15, 0.2) is 0 Å². The number of rotatable bonds is 6. The molecule has 0 bridgehead atoms.